The van der Waals surface area contributed by atoms with Crippen molar-refractivity contribution in [3.05, 3.63) is 22.7 Å². The number of nitrogens with zero attached hydrogens (tertiary/aromatic N) is 3. The predicted molar refractivity (Wildman–Crippen MR) is 68.2 cm³/mol. The fraction of sp³-hybridized carbons (Fsp3) is 0.273. The van der Waals surface area contributed by atoms with Crippen LogP contribution in [0.3, 0.4) is 0 Å². The molecule has 0 aromatic carbocycles. The fourth-order valence-corrected chi connectivity index (χ4v) is 2.20. The Balaban J connectivity index is 2.06. The number of carbonyl (C=O) groups is 2. The summed E-state index contributed by atoms with van der Waals surface area (Å²) in [7, 11) is 0. The van der Waals surface area contributed by atoms with E-state index in [4.69, 9.17) is 14.7 Å². The molecule has 0 atom stereocenters. The van der Waals surface area contributed by atoms with E-state index in [0.717, 1.165) is 5.56 Å². The number of hydrogen-bond acceptors (Lipinski definition) is 7. The molecule has 0 saturated carbocycles. The molecule has 2 rings (SSSR count). The van der Waals surface area contributed by atoms with Gasteiger partial charge in [0.2, 0.25) is 0 Å². The number of aliphatic carboxylic acids is 2. The number of hydrogen-bond donors (Lipinski definition) is 2. The van der Waals surface area contributed by atoms with Gasteiger partial charge in [-0.05, 0) is 11.4 Å². The molecular formula is C11H11N3O5S. The van der Waals surface area contributed by atoms with E-state index in [9.17, 15) is 9.59 Å². The van der Waals surface area contributed by atoms with E-state index in [1.54, 1.807) is 0 Å². The van der Waals surface area contributed by atoms with Crippen LogP contribution in [0.1, 0.15) is 5.82 Å². The van der Waals surface area contributed by atoms with Gasteiger partial charge in [-0.25, -0.2) is 0 Å². The van der Waals surface area contributed by atoms with Crippen LogP contribution in [0.15, 0.2) is 21.3 Å². The number of carboxylic acid groups (broad SMARTS) is 2. The van der Waals surface area contributed by atoms with E-state index in [-0.39, 0.29) is 12.4 Å². The van der Waals surface area contributed by atoms with Crippen molar-refractivity contribution in [2.45, 2.75) is 6.54 Å². The molecule has 106 valence electrons. The Bertz CT molecular complexity index is 579. The first-order chi connectivity index (χ1) is 9.54. The third kappa shape index (κ3) is 3.87. The summed E-state index contributed by atoms with van der Waals surface area (Å²) in [4.78, 5) is 26.7. The topological polar surface area (TPSA) is 117 Å². The maximum atomic E-state index is 10.7. The summed E-state index contributed by atoms with van der Waals surface area (Å²) in [6, 6.07) is 1.81. The highest BCUT2D eigenvalue weighted by Gasteiger charge is 2.17. The van der Waals surface area contributed by atoms with Gasteiger partial charge in [0, 0.05) is 5.38 Å². The molecule has 2 N–H and O–H groups in total. The number of thiophene rings is 1. The van der Waals surface area contributed by atoms with E-state index < -0.39 is 25.0 Å². The lowest BCUT2D eigenvalue weighted by atomic mass is 10.3. The van der Waals surface area contributed by atoms with Crippen molar-refractivity contribution in [2.24, 2.45) is 0 Å². The standard InChI is InChI=1S/C11H11N3O5S/c15-9(16)4-14(5-10(17)18)3-8-12-11(19-13-8)7-1-2-20-6-7/h1-2,6H,3-5H2,(H,15,16)(H,17,18). The van der Waals surface area contributed by atoms with Crippen molar-refractivity contribution in [1.82, 2.24) is 15.0 Å². The molecule has 0 spiro atoms. The van der Waals surface area contributed by atoms with Gasteiger partial charge >= 0.3 is 11.9 Å². The smallest absolute Gasteiger partial charge is 0.317 e. The molecule has 9 heteroatoms. The van der Waals surface area contributed by atoms with Crippen LogP contribution in [0.5, 0.6) is 0 Å². The number of rotatable bonds is 7. The molecule has 8 nitrogen and oxygen atoms in total. The predicted octanol–water partition coefficient (Wildman–Crippen LogP) is 0.769. The summed E-state index contributed by atoms with van der Waals surface area (Å²) in [6.45, 7) is -0.824. The Labute approximate surface area is 117 Å². The molecular weight excluding hydrogens is 286 g/mol. The Kier molecular flexibility index (Phi) is 4.43. The second-order valence-corrected chi connectivity index (χ2v) is 4.74. The summed E-state index contributed by atoms with van der Waals surface area (Å²) in [6.07, 6.45) is 0. The SMILES string of the molecule is O=C(O)CN(CC(=O)O)Cc1noc(-c2ccsc2)n1. The third-order valence-electron chi connectivity index (χ3n) is 2.32. The van der Waals surface area contributed by atoms with E-state index in [0.29, 0.717) is 5.89 Å². The van der Waals surface area contributed by atoms with Crippen LogP contribution < -0.4 is 0 Å². The minimum absolute atomic E-state index is 0.00770. The number of aromatic nitrogens is 2. The lowest BCUT2D eigenvalue weighted by Gasteiger charge is -2.14. The lowest BCUT2D eigenvalue weighted by molar-refractivity contribution is -0.142. The van der Waals surface area contributed by atoms with Crippen LogP contribution in [0.4, 0.5) is 0 Å². The molecule has 0 aliphatic heterocycles. The quantitative estimate of drug-likeness (QED) is 0.769. The molecule has 0 aliphatic carbocycles. The second-order valence-electron chi connectivity index (χ2n) is 3.96. The van der Waals surface area contributed by atoms with Gasteiger partial charge in [-0.2, -0.15) is 16.3 Å². The maximum absolute atomic E-state index is 10.7. The van der Waals surface area contributed by atoms with Gasteiger partial charge < -0.3 is 14.7 Å². The molecule has 2 aromatic heterocycles. The van der Waals surface area contributed by atoms with Gasteiger partial charge in [0.25, 0.3) is 5.89 Å². The van der Waals surface area contributed by atoms with E-state index in [2.05, 4.69) is 10.1 Å². The van der Waals surface area contributed by atoms with Crippen molar-refractivity contribution in [1.29, 1.82) is 0 Å². The van der Waals surface area contributed by atoms with Gasteiger partial charge in [0.05, 0.1) is 25.2 Å². The van der Waals surface area contributed by atoms with Crippen LogP contribution in [-0.2, 0) is 16.1 Å². The normalized spacial score (nSPS) is 10.8. The van der Waals surface area contributed by atoms with Crippen molar-refractivity contribution in [3.63, 3.8) is 0 Å². The van der Waals surface area contributed by atoms with Gasteiger partial charge in [-0.3, -0.25) is 14.5 Å². The van der Waals surface area contributed by atoms with E-state index in [1.165, 1.54) is 16.2 Å². The van der Waals surface area contributed by atoms with Gasteiger partial charge in [0.1, 0.15) is 0 Å². The zero-order chi connectivity index (χ0) is 14.5. The summed E-state index contributed by atoms with van der Waals surface area (Å²) in [5, 5.41) is 24.9. The highest BCUT2D eigenvalue weighted by molar-refractivity contribution is 7.08. The van der Waals surface area contributed by atoms with Crippen LogP contribution in [0.25, 0.3) is 11.5 Å². The molecule has 20 heavy (non-hydrogen) atoms. The highest BCUT2D eigenvalue weighted by atomic mass is 32.1. The summed E-state index contributed by atoms with van der Waals surface area (Å²) in [5.74, 6) is -1.67. The van der Waals surface area contributed by atoms with E-state index in [1.807, 2.05) is 16.8 Å². The first-order valence-electron chi connectivity index (χ1n) is 5.55. The Morgan fingerprint density at radius 2 is 2.00 bits per heavy atom. The average Bonchev–Trinajstić information content (AvgIpc) is 2.95. The summed E-state index contributed by atoms with van der Waals surface area (Å²) < 4.78 is 5.04. The minimum Gasteiger partial charge on any atom is -0.480 e. The zero-order valence-electron chi connectivity index (χ0n) is 10.2. The molecule has 2 heterocycles. The molecule has 0 aliphatic rings. The number of carboxylic acids is 2. The zero-order valence-corrected chi connectivity index (χ0v) is 11.0. The highest BCUT2D eigenvalue weighted by Crippen LogP contribution is 2.20. The first-order valence-corrected chi connectivity index (χ1v) is 6.50. The van der Waals surface area contributed by atoms with Crippen molar-refractivity contribution in [3.8, 4) is 11.5 Å². The third-order valence-corrected chi connectivity index (χ3v) is 3.00. The largest absolute Gasteiger partial charge is 0.480 e. The Morgan fingerprint density at radius 3 is 2.55 bits per heavy atom. The van der Waals surface area contributed by atoms with Gasteiger partial charge in [-0.15, -0.1) is 0 Å². The first kappa shape index (κ1) is 14.2. The molecule has 0 amide bonds. The second kappa shape index (κ2) is 6.26. The monoisotopic (exact) mass is 297 g/mol. The maximum Gasteiger partial charge on any atom is 0.317 e. The van der Waals surface area contributed by atoms with Crippen molar-refractivity contribution < 1.29 is 24.3 Å². The fourth-order valence-electron chi connectivity index (χ4n) is 1.57. The summed E-state index contributed by atoms with van der Waals surface area (Å²) >= 11 is 1.48. The van der Waals surface area contributed by atoms with Crippen molar-refractivity contribution in [2.75, 3.05) is 13.1 Å². The molecule has 2 aromatic rings. The van der Waals surface area contributed by atoms with Gasteiger partial charge in [0.15, 0.2) is 5.82 Å². The average molecular weight is 297 g/mol. The van der Waals surface area contributed by atoms with Crippen molar-refractivity contribution >= 4 is 23.3 Å². The minimum atomic E-state index is -1.12. The molecule has 0 radical (unpaired) electrons. The Morgan fingerprint density at radius 1 is 1.30 bits per heavy atom. The van der Waals surface area contributed by atoms with Crippen LogP contribution in [0, 0.1) is 0 Å². The molecule has 0 bridgehead atoms. The van der Waals surface area contributed by atoms with E-state index >= 15 is 0 Å². The van der Waals surface area contributed by atoms with Crippen LogP contribution in [-0.4, -0.2) is 50.3 Å². The lowest BCUT2D eigenvalue weighted by Crippen LogP contribution is -2.34. The molecule has 0 saturated heterocycles. The van der Waals surface area contributed by atoms with Crippen LogP contribution in [0.2, 0.25) is 0 Å². The summed E-state index contributed by atoms with van der Waals surface area (Å²) in [5.41, 5.74) is 0.775. The van der Waals surface area contributed by atoms with Gasteiger partial charge in [-0.1, -0.05) is 5.16 Å². The van der Waals surface area contributed by atoms with Crippen LogP contribution >= 0.6 is 11.3 Å². The molecule has 0 fully saturated rings. The molecule has 0 unspecified atom stereocenters. The Hall–Kier alpha value is -2.26.